The average molecular weight is 270 g/mol. The van der Waals surface area contributed by atoms with E-state index >= 15 is 0 Å². The lowest BCUT2D eigenvalue weighted by atomic mass is 9.78. The van der Waals surface area contributed by atoms with Crippen molar-refractivity contribution in [1.29, 1.82) is 0 Å². The first kappa shape index (κ1) is 13.9. The maximum absolute atomic E-state index is 6.19. The van der Waals surface area contributed by atoms with E-state index in [2.05, 4.69) is 35.5 Å². The summed E-state index contributed by atoms with van der Waals surface area (Å²) in [5.41, 5.74) is 0.421. The summed E-state index contributed by atoms with van der Waals surface area (Å²) in [5.74, 6) is 1.76. The van der Waals surface area contributed by atoms with Gasteiger partial charge >= 0.3 is 0 Å². The standard InChI is InChI=1S/C14H24ClN3/c1-4-12-16-17-13(15)18(12)10-14(9-11(2)3)7-5-6-8-14/h11H,4-10H2,1-3H3. The predicted octanol–water partition coefficient (Wildman–Crippen LogP) is 4.10. The highest BCUT2D eigenvalue weighted by molar-refractivity contribution is 6.28. The molecule has 0 aromatic carbocycles. The number of nitrogens with zero attached hydrogens (tertiary/aromatic N) is 3. The second kappa shape index (κ2) is 5.60. The van der Waals surface area contributed by atoms with E-state index in [9.17, 15) is 0 Å². The largest absolute Gasteiger partial charge is 0.301 e. The van der Waals surface area contributed by atoms with Crippen molar-refractivity contribution >= 4 is 11.6 Å². The number of hydrogen-bond acceptors (Lipinski definition) is 2. The Bertz CT molecular complexity index is 392. The van der Waals surface area contributed by atoms with Crippen molar-refractivity contribution in [3.63, 3.8) is 0 Å². The lowest BCUT2D eigenvalue weighted by Crippen LogP contribution is -2.26. The monoisotopic (exact) mass is 269 g/mol. The second-order valence-corrected chi connectivity index (χ2v) is 6.47. The van der Waals surface area contributed by atoms with E-state index in [1.54, 1.807) is 0 Å². The summed E-state index contributed by atoms with van der Waals surface area (Å²) in [7, 11) is 0. The van der Waals surface area contributed by atoms with Crippen LogP contribution >= 0.6 is 11.6 Å². The van der Waals surface area contributed by atoms with Crippen LogP contribution in [0.5, 0.6) is 0 Å². The molecule has 1 aromatic heterocycles. The summed E-state index contributed by atoms with van der Waals surface area (Å²) in [6.07, 6.45) is 7.54. The zero-order valence-corrected chi connectivity index (χ0v) is 12.5. The fourth-order valence-electron chi connectivity index (χ4n) is 3.48. The Morgan fingerprint density at radius 2 is 1.94 bits per heavy atom. The zero-order valence-electron chi connectivity index (χ0n) is 11.7. The van der Waals surface area contributed by atoms with Crippen LogP contribution in [-0.4, -0.2) is 14.8 Å². The minimum Gasteiger partial charge on any atom is -0.301 e. The smallest absolute Gasteiger partial charge is 0.225 e. The highest BCUT2D eigenvalue weighted by Crippen LogP contribution is 2.45. The molecule has 1 fully saturated rings. The SMILES string of the molecule is CCc1nnc(Cl)n1CC1(CC(C)C)CCCC1. The minimum absolute atomic E-state index is 0.421. The fraction of sp³-hybridized carbons (Fsp3) is 0.857. The first-order chi connectivity index (χ1) is 8.56. The summed E-state index contributed by atoms with van der Waals surface area (Å²) in [6.45, 7) is 7.74. The molecule has 1 saturated carbocycles. The molecule has 0 bridgehead atoms. The van der Waals surface area contributed by atoms with Crippen LogP contribution in [0.15, 0.2) is 0 Å². The number of hydrogen-bond donors (Lipinski definition) is 0. The van der Waals surface area contributed by atoms with E-state index in [-0.39, 0.29) is 0 Å². The van der Waals surface area contributed by atoms with Crippen molar-refractivity contribution in [2.24, 2.45) is 11.3 Å². The molecule has 18 heavy (non-hydrogen) atoms. The number of halogens is 1. The molecule has 1 aliphatic carbocycles. The molecule has 0 N–H and O–H groups in total. The van der Waals surface area contributed by atoms with E-state index in [1.807, 2.05) is 0 Å². The molecule has 1 aromatic rings. The Morgan fingerprint density at radius 1 is 1.28 bits per heavy atom. The molecular weight excluding hydrogens is 246 g/mol. The highest BCUT2D eigenvalue weighted by Gasteiger charge is 2.35. The molecule has 2 rings (SSSR count). The molecule has 1 heterocycles. The van der Waals surface area contributed by atoms with Crippen molar-refractivity contribution in [1.82, 2.24) is 14.8 Å². The molecule has 0 unspecified atom stereocenters. The topological polar surface area (TPSA) is 30.7 Å². The Morgan fingerprint density at radius 3 is 2.50 bits per heavy atom. The maximum atomic E-state index is 6.19. The molecule has 3 nitrogen and oxygen atoms in total. The van der Waals surface area contributed by atoms with Gasteiger partial charge in [0, 0.05) is 13.0 Å². The molecule has 0 amide bonds. The van der Waals surface area contributed by atoms with Crippen LogP contribution in [0, 0.1) is 11.3 Å². The average Bonchev–Trinajstić information content (AvgIpc) is 2.88. The molecule has 0 radical (unpaired) electrons. The third kappa shape index (κ3) is 2.87. The summed E-state index contributed by atoms with van der Waals surface area (Å²) in [6, 6.07) is 0. The molecule has 0 saturated heterocycles. The molecule has 4 heteroatoms. The van der Waals surface area contributed by atoms with Gasteiger partial charge in [0.25, 0.3) is 0 Å². The van der Waals surface area contributed by atoms with Gasteiger partial charge in [0.1, 0.15) is 5.82 Å². The van der Waals surface area contributed by atoms with E-state index in [4.69, 9.17) is 11.6 Å². The van der Waals surface area contributed by atoms with Crippen molar-refractivity contribution in [2.75, 3.05) is 0 Å². The molecule has 0 spiro atoms. The summed E-state index contributed by atoms with van der Waals surface area (Å²) < 4.78 is 2.13. The Balaban J connectivity index is 2.20. The van der Waals surface area contributed by atoms with Crippen LogP contribution in [0.25, 0.3) is 0 Å². The highest BCUT2D eigenvalue weighted by atomic mass is 35.5. The van der Waals surface area contributed by atoms with Crippen molar-refractivity contribution < 1.29 is 0 Å². The van der Waals surface area contributed by atoms with Crippen molar-refractivity contribution in [3.05, 3.63) is 11.1 Å². The van der Waals surface area contributed by atoms with Gasteiger partial charge in [-0.3, -0.25) is 0 Å². The van der Waals surface area contributed by atoms with Gasteiger partial charge < -0.3 is 4.57 Å². The van der Waals surface area contributed by atoms with Crippen molar-refractivity contribution in [3.8, 4) is 0 Å². The van der Waals surface area contributed by atoms with Gasteiger partial charge in [0.15, 0.2) is 0 Å². The van der Waals surface area contributed by atoms with Gasteiger partial charge in [-0.25, -0.2) is 0 Å². The zero-order chi connectivity index (χ0) is 13.2. The number of aromatic nitrogens is 3. The van der Waals surface area contributed by atoms with E-state index < -0.39 is 0 Å². The minimum atomic E-state index is 0.421. The maximum Gasteiger partial charge on any atom is 0.225 e. The summed E-state index contributed by atoms with van der Waals surface area (Å²) in [5, 5.41) is 8.74. The van der Waals surface area contributed by atoms with Crippen LogP contribution in [-0.2, 0) is 13.0 Å². The Labute approximate surface area is 115 Å². The van der Waals surface area contributed by atoms with Gasteiger partial charge in [0.2, 0.25) is 5.28 Å². The van der Waals surface area contributed by atoms with Crippen LogP contribution in [0.1, 0.15) is 58.7 Å². The normalized spacial score (nSPS) is 18.7. The molecule has 1 aliphatic rings. The predicted molar refractivity (Wildman–Crippen MR) is 74.8 cm³/mol. The van der Waals surface area contributed by atoms with E-state index in [0.717, 1.165) is 24.7 Å². The Kier molecular flexibility index (Phi) is 4.31. The molecule has 102 valence electrons. The summed E-state index contributed by atoms with van der Waals surface area (Å²) >= 11 is 6.19. The lowest BCUT2D eigenvalue weighted by Gasteiger charge is -2.31. The molecular formula is C14H24ClN3. The first-order valence-electron chi connectivity index (χ1n) is 7.14. The quantitative estimate of drug-likeness (QED) is 0.806. The third-order valence-electron chi connectivity index (χ3n) is 4.10. The van der Waals surface area contributed by atoms with E-state index in [1.165, 1.54) is 32.1 Å². The van der Waals surface area contributed by atoms with Crippen LogP contribution in [0.2, 0.25) is 5.28 Å². The van der Waals surface area contributed by atoms with Crippen LogP contribution in [0.4, 0.5) is 0 Å². The lowest BCUT2D eigenvalue weighted by molar-refractivity contribution is 0.195. The van der Waals surface area contributed by atoms with Crippen molar-refractivity contribution in [2.45, 2.75) is 65.8 Å². The molecule has 0 aliphatic heterocycles. The number of rotatable bonds is 5. The summed E-state index contributed by atoms with van der Waals surface area (Å²) in [4.78, 5) is 0. The van der Waals surface area contributed by atoms with Gasteiger partial charge in [-0.15, -0.1) is 10.2 Å². The van der Waals surface area contributed by atoms with Crippen LogP contribution in [0.3, 0.4) is 0 Å². The van der Waals surface area contributed by atoms with Gasteiger partial charge in [-0.05, 0) is 42.2 Å². The fourth-order valence-corrected chi connectivity index (χ4v) is 3.68. The Hall–Kier alpha value is -0.570. The van der Waals surface area contributed by atoms with Crippen LogP contribution < -0.4 is 0 Å². The second-order valence-electron chi connectivity index (χ2n) is 6.13. The number of aryl methyl sites for hydroxylation is 1. The van der Waals surface area contributed by atoms with E-state index in [0.29, 0.717) is 10.7 Å². The van der Waals surface area contributed by atoms with Gasteiger partial charge in [-0.2, -0.15) is 0 Å². The third-order valence-corrected chi connectivity index (χ3v) is 4.38. The molecule has 0 atom stereocenters. The first-order valence-corrected chi connectivity index (χ1v) is 7.52. The van der Waals surface area contributed by atoms with Gasteiger partial charge in [0.05, 0.1) is 0 Å². The van der Waals surface area contributed by atoms with Gasteiger partial charge in [-0.1, -0.05) is 33.6 Å².